The fourth-order valence-corrected chi connectivity index (χ4v) is 3.35. The molecule has 1 N–H and O–H groups in total. The van der Waals surface area contributed by atoms with Gasteiger partial charge in [0.15, 0.2) is 0 Å². The minimum Gasteiger partial charge on any atom is -0.331 e. The molecule has 1 aromatic heterocycles. The van der Waals surface area contributed by atoms with Crippen LogP contribution in [-0.4, -0.2) is 24.0 Å². The van der Waals surface area contributed by atoms with E-state index in [9.17, 15) is 4.79 Å². The van der Waals surface area contributed by atoms with Gasteiger partial charge in [-0.1, -0.05) is 18.5 Å². The molecule has 5 heteroatoms. The number of likely N-dealkylation sites (tertiary alicyclic amines) is 1. The van der Waals surface area contributed by atoms with Gasteiger partial charge in [-0.2, -0.15) is 0 Å². The van der Waals surface area contributed by atoms with Gasteiger partial charge in [-0.3, -0.25) is 0 Å². The predicted molar refractivity (Wildman–Crippen MR) is 76.2 cm³/mol. The van der Waals surface area contributed by atoms with Crippen molar-refractivity contribution in [1.82, 2.24) is 10.2 Å². The molecule has 3 nitrogen and oxygen atoms in total. The van der Waals surface area contributed by atoms with E-state index in [0.29, 0.717) is 5.92 Å². The third-order valence-corrected chi connectivity index (χ3v) is 4.72. The van der Waals surface area contributed by atoms with Crippen LogP contribution in [0, 0.1) is 5.92 Å². The molecule has 2 atom stereocenters. The highest BCUT2D eigenvalue weighted by atomic mass is 35.5. The quantitative estimate of drug-likeness (QED) is 0.878. The Kier molecular flexibility index (Phi) is 4.51. The number of piperidine rings is 1. The molecule has 2 rings (SSSR count). The van der Waals surface area contributed by atoms with Gasteiger partial charge in [-0.25, -0.2) is 4.79 Å². The van der Waals surface area contributed by atoms with Crippen LogP contribution in [0.2, 0.25) is 4.34 Å². The minimum atomic E-state index is 0.0206. The summed E-state index contributed by atoms with van der Waals surface area (Å²) in [5.74, 6) is 0.607. The summed E-state index contributed by atoms with van der Waals surface area (Å²) < 4.78 is 0.762. The summed E-state index contributed by atoms with van der Waals surface area (Å²) in [4.78, 5) is 15.1. The van der Waals surface area contributed by atoms with Gasteiger partial charge in [-0.05, 0) is 37.8 Å². The van der Waals surface area contributed by atoms with Gasteiger partial charge in [0, 0.05) is 18.0 Å². The van der Waals surface area contributed by atoms with E-state index in [2.05, 4.69) is 12.2 Å². The second kappa shape index (κ2) is 5.93. The van der Waals surface area contributed by atoms with Crippen LogP contribution in [-0.2, 0) is 0 Å². The predicted octanol–water partition coefficient (Wildman–Crippen LogP) is 3.90. The Labute approximate surface area is 117 Å². The first-order valence-corrected chi connectivity index (χ1v) is 7.56. The molecule has 0 spiro atoms. The van der Waals surface area contributed by atoms with Crippen molar-refractivity contribution in [3.8, 4) is 0 Å². The molecule has 0 aromatic carbocycles. The summed E-state index contributed by atoms with van der Waals surface area (Å²) in [6.07, 6.45) is 2.33. The van der Waals surface area contributed by atoms with Gasteiger partial charge in [0.25, 0.3) is 0 Å². The lowest BCUT2D eigenvalue weighted by Crippen LogP contribution is -2.45. The smallest absolute Gasteiger partial charge is 0.317 e. The van der Waals surface area contributed by atoms with E-state index in [1.165, 1.54) is 17.8 Å². The Morgan fingerprint density at radius 1 is 1.61 bits per heavy atom. The molecule has 0 radical (unpaired) electrons. The first-order chi connectivity index (χ1) is 8.56. The number of carbonyl (C=O) groups excluding carboxylic acids is 1. The third kappa shape index (κ3) is 3.39. The van der Waals surface area contributed by atoms with Crippen molar-refractivity contribution in [3.63, 3.8) is 0 Å². The second-order valence-corrected chi connectivity index (χ2v) is 6.75. The molecule has 2 amide bonds. The van der Waals surface area contributed by atoms with Crippen molar-refractivity contribution in [1.29, 1.82) is 0 Å². The summed E-state index contributed by atoms with van der Waals surface area (Å²) in [6, 6.07) is 3.90. The van der Waals surface area contributed by atoms with E-state index in [1.807, 2.05) is 24.0 Å². The average Bonchev–Trinajstić information content (AvgIpc) is 2.76. The zero-order chi connectivity index (χ0) is 13.1. The summed E-state index contributed by atoms with van der Waals surface area (Å²) in [5.41, 5.74) is 0. The number of hydrogen-bond donors (Lipinski definition) is 1. The van der Waals surface area contributed by atoms with E-state index >= 15 is 0 Å². The molecular weight excluding hydrogens is 268 g/mol. The third-order valence-electron chi connectivity index (χ3n) is 3.30. The number of urea groups is 1. The number of thiophene rings is 1. The molecule has 2 unspecified atom stereocenters. The van der Waals surface area contributed by atoms with Crippen LogP contribution in [0.4, 0.5) is 4.79 Å². The van der Waals surface area contributed by atoms with Crippen LogP contribution in [0.5, 0.6) is 0 Å². The molecule has 18 heavy (non-hydrogen) atoms. The van der Waals surface area contributed by atoms with Crippen molar-refractivity contribution in [2.75, 3.05) is 13.1 Å². The fourth-order valence-electron chi connectivity index (χ4n) is 2.28. The van der Waals surface area contributed by atoms with Crippen molar-refractivity contribution in [3.05, 3.63) is 21.3 Å². The van der Waals surface area contributed by atoms with Crippen LogP contribution in [0.25, 0.3) is 0 Å². The number of nitrogens with zero attached hydrogens (tertiary/aromatic N) is 1. The van der Waals surface area contributed by atoms with Crippen LogP contribution in [0.1, 0.15) is 37.6 Å². The van der Waals surface area contributed by atoms with Crippen LogP contribution < -0.4 is 5.32 Å². The molecule has 2 heterocycles. The summed E-state index contributed by atoms with van der Waals surface area (Å²) >= 11 is 7.42. The Bertz CT molecular complexity index is 421. The standard InChI is InChI=1S/C13H19ClN2OS/c1-9-4-3-7-16(8-9)13(17)15-10(2)11-5-6-12(14)18-11/h5-6,9-10H,3-4,7-8H2,1-2H3,(H,15,17). The lowest BCUT2D eigenvalue weighted by Gasteiger charge is -2.31. The summed E-state index contributed by atoms with van der Waals surface area (Å²) in [7, 11) is 0. The maximum atomic E-state index is 12.1. The fraction of sp³-hybridized carbons (Fsp3) is 0.615. The molecule has 0 saturated carbocycles. The molecule has 100 valence electrons. The van der Waals surface area contributed by atoms with Crippen molar-refractivity contribution in [2.24, 2.45) is 5.92 Å². The lowest BCUT2D eigenvalue weighted by atomic mass is 10.0. The number of hydrogen-bond acceptors (Lipinski definition) is 2. The largest absolute Gasteiger partial charge is 0.331 e. The van der Waals surface area contributed by atoms with Crippen LogP contribution in [0.15, 0.2) is 12.1 Å². The summed E-state index contributed by atoms with van der Waals surface area (Å²) in [6.45, 7) is 5.92. The topological polar surface area (TPSA) is 32.3 Å². The number of halogens is 1. The van der Waals surface area contributed by atoms with E-state index in [-0.39, 0.29) is 12.1 Å². The van der Waals surface area contributed by atoms with E-state index in [1.54, 1.807) is 0 Å². The summed E-state index contributed by atoms with van der Waals surface area (Å²) in [5, 5.41) is 3.04. The van der Waals surface area contributed by atoms with Crippen LogP contribution in [0.3, 0.4) is 0 Å². The minimum absolute atomic E-state index is 0.0206. The van der Waals surface area contributed by atoms with Gasteiger partial charge < -0.3 is 10.2 Å². The SMILES string of the molecule is CC1CCCN(C(=O)NC(C)c2ccc(Cl)s2)C1. The molecule has 0 bridgehead atoms. The van der Waals surface area contributed by atoms with Crippen molar-refractivity contribution >= 4 is 29.0 Å². The van der Waals surface area contributed by atoms with E-state index < -0.39 is 0 Å². The average molecular weight is 287 g/mol. The van der Waals surface area contributed by atoms with Crippen molar-refractivity contribution < 1.29 is 4.79 Å². The molecule has 1 aromatic rings. The van der Waals surface area contributed by atoms with Gasteiger partial charge in [0.05, 0.1) is 10.4 Å². The number of carbonyl (C=O) groups is 1. The van der Waals surface area contributed by atoms with E-state index in [0.717, 1.165) is 28.7 Å². The zero-order valence-electron chi connectivity index (χ0n) is 10.8. The Morgan fingerprint density at radius 3 is 3.00 bits per heavy atom. The van der Waals surface area contributed by atoms with Gasteiger partial charge in [0.2, 0.25) is 0 Å². The Hall–Kier alpha value is -0.740. The van der Waals surface area contributed by atoms with Gasteiger partial charge >= 0.3 is 6.03 Å². The van der Waals surface area contributed by atoms with Gasteiger partial charge in [-0.15, -0.1) is 11.3 Å². The number of nitrogens with one attached hydrogen (secondary N) is 1. The maximum absolute atomic E-state index is 12.1. The molecule has 1 aliphatic heterocycles. The highest BCUT2D eigenvalue weighted by Gasteiger charge is 2.22. The normalized spacial score (nSPS) is 21.7. The molecule has 1 fully saturated rings. The lowest BCUT2D eigenvalue weighted by molar-refractivity contribution is 0.167. The Balaban J connectivity index is 1.90. The Morgan fingerprint density at radius 2 is 2.39 bits per heavy atom. The monoisotopic (exact) mass is 286 g/mol. The van der Waals surface area contributed by atoms with Gasteiger partial charge in [0.1, 0.15) is 0 Å². The zero-order valence-corrected chi connectivity index (χ0v) is 12.4. The first-order valence-electron chi connectivity index (χ1n) is 6.37. The second-order valence-electron chi connectivity index (χ2n) is 5.01. The number of rotatable bonds is 2. The van der Waals surface area contributed by atoms with E-state index in [4.69, 9.17) is 11.6 Å². The van der Waals surface area contributed by atoms with Crippen LogP contribution >= 0.6 is 22.9 Å². The highest BCUT2D eigenvalue weighted by Crippen LogP contribution is 2.27. The molecule has 1 aliphatic rings. The molecule has 0 aliphatic carbocycles. The number of amides is 2. The molecular formula is C13H19ClN2OS. The highest BCUT2D eigenvalue weighted by molar-refractivity contribution is 7.16. The molecule has 1 saturated heterocycles. The maximum Gasteiger partial charge on any atom is 0.317 e. The first kappa shape index (κ1) is 13.7. The van der Waals surface area contributed by atoms with Crippen molar-refractivity contribution in [2.45, 2.75) is 32.7 Å².